The molecular weight excluding hydrogens is 362 g/mol. The van der Waals surface area contributed by atoms with Crippen molar-refractivity contribution in [3.05, 3.63) is 58.9 Å². The minimum absolute atomic E-state index is 0.214. The van der Waals surface area contributed by atoms with Gasteiger partial charge in [0.2, 0.25) is 0 Å². The first-order valence-electron chi connectivity index (χ1n) is 8.05. The van der Waals surface area contributed by atoms with Crippen LogP contribution >= 0.6 is 11.8 Å². The van der Waals surface area contributed by atoms with Crippen molar-refractivity contribution in [3.63, 3.8) is 0 Å². The predicted molar refractivity (Wildman–Crippen MR) is 103 cm³/mol. The Morgan fingerprint density at radius 2 is 1.93 bits per heavy atom. The first kappa shape index (κ1) is 17.0. The number of benzene rings is 2. The van der Waals surface area contributed by atoms with Gasteiger partial charge < -0.3 is 4.74 Å². The monoisotopic (exact) mass is 375 g/mol. The highest BCUT2D eigenvalue weighted by Gasteiger charge is 2.15. The summed E-state index contributed by atoms with van der Waals surface area (Å²) >= 11 is 1.25. The summed E-state index contributed by atoms with van der Waals surface area (Å²) in [5, 5.41) is 14.7. The van der Waals surface area contributed by atoms with E-state index in [2.05, 4.69) is 21.1 Å². The number of thioether (sulfide) groups is 1. The van der Waals surface area contributed by atoms with Crippen LogP contribution in [0, 0.1) is 11.3 Å². The molecule has 0 radical (unpaired) electrons. The Labute approximate surface area is 158 Å². The molecule has 0 saturated carbocycles. The Bertz CT molecular complexity index is 1250. The Hall–Kier alpha value is -3.44. The third-order valence-corrected chi connectivity index (χ3v) is 4.78. The van der Waals surface area contributed by atoms with Gasteiger partial charge in [0, 0.05) is 10.9 Å². The van der Waals surface area contributed by atoms with Gasteiger partial charge in [-0.25, -0.2) is 4.98 Å². The Morgan fingerprint density at radius 3 is 2.67 bits per heavy atom. The lowest BCUT2D eigenvalue weighted by Gasteiger charge is -2.10. The molecule has 0 aliphatic carbocycles. The molecule has 0 fully saturated rings. The summed E-state index contributed by atoms with van der Waals surface area (Å²) in [6.45, 7) is 0. The van der Waals surface area contributed by atoms with Crippen LogP contribution < -0.4 is 10.3 Å². The summed E-state index contributed by atoms with van der Waals surface area (Å²) in [5.41, 5.74) is 1.54. The zero-order valence-electron chi connectivity index (χ0n) is 14.3. The first-order chi connectivity index (χ1) is 13.2. The van der Waals surface area contributed by atoms with E-state index in [1.54, 1.807) is 31.4 Å². The van der Waals surface area contributed by atoms with Crippen LogP contribution in [0.1, 0.15) is 0 Å². The number of nitriles is 1. The molecule has 7 nitrogen and oxygen atoms in total. The van der Waals surface area contributed by atoms with Crippen molar-refractivity contribution in [2.24, 2.45) is 0 Å². The number of para-hydroxylation sites is 1. The van der Waals surface area contributed by atoms with Crippen molar-refractivity contribution in [1.82, 2.24) is 19.6 Å². The van der Waals surface area contributed by atoms with Crippen LogP contribution in [0.25, 0.3) is 27.8 Å². The van der Waals surface area contributed by atoms with Gasteiger partial charge in [0.15, 0.2) is 16.5 Å². The Morgan fingerprint density at radius 1 is 1.15 bits per heavy atom. The van der Waals surface area contributed by atoms with Crippen LogP contribution in [-0.4, -0.2) is 32.4 Å². The van der Waals surface area contributed by atoms with E-state index in [0.29, 0.717) is 27.6 Å². The largest absolute Gasteiger partial charge is 0.497 e. The molecule has 8 heteroatoms. The molecular formula is C19H13N5O2S. The number of rotatable bonds is 4. The molecule has 132 valence electrons. The smallest absolute Gasteiger partial charge is 0.300 e. The van der Waals surface area contributed by atoms with Crippen LogP contribution in [0.5, 0.6) is 5.75 Å². The number of methoxy groups -OCH3 is 1. The fourth-order valence-electron chi connectivity index (χ4n) is 2.73. The highest BCUT2D eigenvalue weighted by atomic mass is 32.2. The lowest BCUT2D eigenvalue weighted by Crippen LogP contribution is -2.17. The van der Waals surface area contributed by atoms with Gasteiger partial charge in [-0.15, -0.1) is 0 Å². The average Bonchev–Trinajstić information content (AvgIpc) is 2.71. The van der Waals surface area contributed by atoms with E-state index in [4.69, 9.17) is 10.00 Å². The minimum Gasteiger partial charge on any atom is -0.497 e. The van der Waals surface area contributed by atoms with Gasteiger partial charge in [-0.3, -0.25) is 4.79 Å². The predicted octanol–water partition coefficient (Wildman–Crippen LogP) is 2.93. The van der Waals surface area contributed by atoms with Gasteiger partial charge in [0.05, 0.1) is 24.4 Å². The SMILES string of the molecule is COc1ccc(-c2nn3c(SCC#N)nc4ccccc4c3nc2=O)cc1. The molecule has 4 rings (SSSR count). The third kappa shape index (κ3) is 3.09. The molecule has 2 heterocycles. The summed E-state index contributed by atoms with van der Waals surface area (Å²) in [6.07, 6.45) is 0. The van der Waals surface area contributed by atoms with Gasteiger partial charge in [-0.2, -0.15) is 19.9 Å². The van der Waals surface area contributed by atoms with Crippen LogP contribution in [-0.2, 0) is 0 Å². The number of fused-ring (bicyclic) bond motifs is 3. The van der Waals surface area contributed by atoms with E-state index in [1.807, 2.05) is 24.3 Å². The third-order valence-electron chi connectivity index (χ3n) is 3.98. The van der Waals surface area contributed by atoms with Crippen LogP contribution in [0.3, 0.4) is 0 Å². The maximum absolute atomic E-state index is 12.7. The number of hydrogen-bond donors (Lipinski definition) is 0. The van der Waals surface area contributed by atoms with Gasteiger partial charge in [-0.05, 0) is 36.4 Å². The normalized spacial score (nSPS) is 10.8. The number of hydrogen-bond acceptors (Lipinski definition) is 7. The molecule has 0 N–H and O–H groups in total. The molecule has 0 aliphatic heterocycles. The summed E-state index contributed by atoms with van der Waals surface area (Å²) in [7, 11) is 1.58. The van der Waals surface area contributed by atoms with E-state index in [9.17, 15) is 4.79 Å². The van der Waals surface area contributed by atoms with Crippen molar-refractivity contribution < 1.29 is 4.74 Å². The molecule has 0 amide bonds. The fourth-order valence-corrected chi connectivity index (χ4v) is 3.33. The number of ether oxygens (including phenoxy) is 1. The lowest BCUT2D eigenvalue weighted by atomic mass is 10.1. The van der Waals surface area contributed by atoms with E-state index < -0.39 is 5.56 Å². The topological polar surface area (TPSA) is 93.2 Å². The maximum Gasteiger partial charge on any atom is 0.300 e. The Kier molecular flexibility index (Phi) is 4.44. The molecule has 0 saturated heterocycles. The first-order valence-corrected chi connectivity index (χ1v) is 9.04. The van der Waals surface area contributed by atoms with E-state index >= 15 is 0 Å². The van der Waals surface area contributed by atoms with Gasteiger partial charge in [-0.1, -0.05) is 23.9 Å². The van der Waals surface area contributed by atoms with Crippen molar-refractivity contribution in [2.75, 3.05) is 12.9 Å². The molecule has 2 aromatic heterocycles. The van der Waals surface area contributed by atoms with Crippen molar-refractivity contribution in [3.8, 4) is 23.1 Å². The van der Waals surface area contributed by atoms with Gasteiger partial charge >= 0.3 is 0 Å². The van der Waals surface area contributed by atoms with E-state index in [-0.39, 0.29) is 11.4 Å². The zero-order valence-corrected chi connectivity index (χ0v) is 15.1. The van der Waals surface area contributed by atoms with Crippen molar-refractivity contribution in [1.29, 1.82) is 5.26 Å². The minimum atomic E-state index is -0.423. The lowest BCUT2D eigenvalue weighted by molar-refractivity contribution is 0.415. The summed E-state index contributed by atoms with van der Waals surface area (Å²) in [4.78, 5) is 21.5. The summed E-state index contributed by atoms with van der Waals surface area (Å²) in [5.74, 6) is 0.900. The highest BCUT2D eigenvalue weighted by molar-refractivity contribution is 7.99. The zero-order chi connectivity index (χ0) is 18.8. The standard InChI is InChI=1S/C19H13N5O2S/c1-26-13-8-6-12(7-9-13)16-18(25)22-17-14-4-2-3-5-15(14)21-19(24(17)23-16)27-11-10-20/h2-9H,11H2,1H3. The van der Waals surface area contributed by atoms with Crippen molar-refractivity contribution in [2.45, 2.75) is 5.16 Å². The number of aromatic nitrogens is 4. The average molecular weight is 375 g/mol. The second-order valence-electron chi connectivity index (χ2n) is 5.59. The molecule has 27 heavy (non-hydrogen) atoms. The summed E-state index contributed by atoms with van der Waals surface area (Å²) < 4.78 is 6.69. The highest BCUT2D eigenvalue weighted by Crippen LogP contribution is 2.24. The van der Waals surface area contributed by atoms with Crippen LogP contribution in [0.15, 0.2) is 58.5 Å². The van der Waals surface area contributed by atoms with Crippen molar-refractivity contribution >= 4 is 28.3 Å². The van der Waals surface area contributed by atoms with Gasteiger partial charge in [0.25, 0.3) is 5.56 Å². The van der Waals surface area contributed by atoms with E-state index in [0.717, 1.165) is 5.39 Å². The van der Waals surface area contributed by atoms with Gasteiger partial charge in [0.1, 0.15) is 5.75 Å². The molecule has 0 bridgehead atoms. The van der Waals surface area contributed by atoms with Crippen LogP contribution in [0.4, 0.5) is 0 Å². The maximum atomic E-state index is 12.7. The quantitative estimate of drug-likeness (QED) is 0.307. The molecule has 0 spiro atoms. The molecule has 0 unspecified atom stereocenters. The second-order valence-corrected chi connectivity index (χ2v) is 6.53. The molecule has 4 aromatic rings. The Balaban J connectivity index is 2.00. The van der Waals surface area contributed by atoms with E-state index in [1.165, 1.54) is 16.3 Å². The fraction of sp³-hybridized carbons (Fsp3) is 0.105. The van der Waals surface area contributed by atoms with Crippen LogP contribution in [0.2, 0.25) is 0 Å². The molecule has 0 atom stereocenters. The second kappa shape index (κ2) is 7.05. The number of nitrogens with zero attached hydrogens (tertiary/aromatic N) is 5. The summed E-state index contributed by atoms with van der Waals surface area (Å²) in [6, 6.07) is 16.5. The molecule has 0 aliphatic rings. The molecule has 2 aromatic carbocycles.